The van der Waals surface area contributed by atoms with Crippen molar-refractivity contribution in [3.8, 4) is 0 Å². The smallest absolute Gasteiger partial charge is 0.0791 e. The first kappa shape index (κ1) is 9.17. The molecule has 0 amide bonds. The summed E-state index contributed by atoms with van der Waals surface area (Å²) in [6, 6.07) is 0. The van der Waals surface area contributed by atoms with Crippen LogP contribution in [0.3, 0.4) is 0 Å². The zero-order valence-corrected chi connectivity index (χ0v) is 9.45. The Morgan fingerprint density at radius 1 is 1.29 bits per heavy atom. The van der Waals surface area contributed by atoms with Gasteiger partial charge in [-0.15, -0.1) is 0 Å². The van der Waals surface area contributed by atoms with Crippen LogP contribution in [0.15, 0.2) is 0 Å². The number of β-amino-alcohol motifs (C(OH)–C–C–N with tert-alkyl or cyclic N) is 1. The van der Waals surface area contributed by atoms with Crippen molar-refractivity contribution < 1.29 is 5.11 Å². The predicted molar refractivity (Wildman–Crippen MR) is 56.0 cm³/mol. The van der Waals surface area contributed by atoms with E-state index < -0.39 is 5.60 Å². The molecule has 3 fully saturated rings. The Morgan fingerprint density at radius 2 is 2.00 bits per heavy atom. The van der Waals surface area contributed by atoms with Gasteiger partial charge >= 0.3 is 0 Å². The van der Waals surface area contributed by atoms with Crippen LogP contribution >= 0.6 is 0 Å². The van der Waals surface area contributed by atoms with Crippen molar-refractivity contribution in [1.82, 2.24) is 4.90 Å². The van der Waals surface area contributed by atoms with Crippen molar-refractivity contribution in [3.63, 3.8) is 0 Å². The summed E-state index contributed by atoms with van der Waals surface area (Å²) in [5.74, 6) is 2.19. The quantitative estimate of drug-likeness (QED) is 0.633. The molecular weight excluding hydrogens is 174 g/mol. The number of rotatable bonds is 0. The fourth-order valence-electron chi connectivity index (χ4n) is 4.85. The van der Waals surface area contributed by atoms with Crippen LogP contribution < -0.4 is 0 Å². The molecule has 0 aromatic heterocycles. The van der Waals surface area contributed by atoms with E-state index in [1.807, 2.05) is 6.92 Å². The molecule has 2 heterocycles. The Hall–Kier alpha value is -0.0800. The van der Waals surface area contributed by atoms with Crippen molar-refractivity contribution in [3.05, 3.63) is 0 Å². The van der Waals surface area contributed by atoms with Crippen molar-refractivity contribution in [1.29, 1.82) is 0 Å². The fourth-order valence-corrected chi connectivity index (χ4v) is 4.85. The lowest BCUT2D eigenvalue weighted by Gasteiger charge is -2.33. The molecular formula is C12H21NO. The van der Waals surface area contributed by atoms with E-state index in [0.717, 1.165) is 18.4 Å². The molecule has 1 saturated carbocycles. The molecule has 3 aliphatic rings. The number of hydrogen-bond acceptors (Lipinski definition) is 2. The predicted octanol–water partition coefficient (Wildman–Crippen LogP) is 1.49. The number of hydrogen-bond donors (Lipinski definition) is 1. The van der Waals surface area contributed by atoms with Gasteiger partial charge in [0, 0.05) is 24.5 Å². The van der Waals surface area contributed by atoms with Gasteiger partial charge in [-0.3, -0.25) is 4.90 Å². The maximum Gasteiger partial charge on any atom is 0.0791 e. The molecule has 5 atom stereocenters. The third-order valence-corrected chi connectivity index (χ3v) is 5.36. The molecule has 1 N–H and O–H groups in total. The summed E-state index contributed by atoms with van der Waals surface area (Å²) in [4.78, 5) is 2.56. The highest BCUT2D eigenvalue weighted by molar-refractivity contribution is 5.19. The first-order chi connectivity index (χ1) is 6.46. The lowest BCUT2D eigenvalue weighted by atomic mass is 9.77. The van der Waals surface area contributed by atoms with Gasteiger partial charge in [-0.1, -0.05) is 6.92 Å². The average Bonchev–Trinajstić information content (AvgIpc) is 2.56. The lowest BCUT2D eigenvalue weighted by Crippen LogP contribution is -2.42. The van der Waals surface area contributed by atoms with Gasteiger partial charge in [-0.2, -0.15) is 0 Å². The molecule has 2 saturated heterocycles. The van der Waals surface area contributed by atoms with Gasteiger partial charge in [0.15, 0.2) is 0 Å². The molecule has 0 unspecified atom stereocenters. The second-order valence-corrected chi connectivity index (χ2v) is 6.18. The summed E-state index contributed by atoms with van der Waals surface area (Å²) in [6.45, 7) is 8.91. The van der Waals surface area contributed by atoms with E-state index in [0.29, 0.717) is 11.5 Å². The van der Waals surface area contributed by atoms with Crippen molar-refractivity contribution in [2.24, 2.45) is 17.8 Å². The minimum absolute atomic E-state index is 0.322. The van der Waals surface area contributed by atoms with Crippen LogP contribution in [0.5, 0.6) is 0 Å². The van der Waals surface area contributed by atoms with Crippen molar-refractivity contribution >= 4 is 0 Å². The van der Waals surface area contributed by atoms with Crippen LogP contribution in [0, 0.1) is 17.8 Å². The maximum atomic E-state index is 10.4. The average molecular weight is 195 g/mol. The van der Waals surface area contributed by atoms with Gasteiger partial charge in [0.2, 0.25) is 0 Å². The highest BCUT2D eigenvalue weighted by Crippen LogP contribution is 2.60. The van der Waals surface area contributed by atoms with E-state index in [1.54, 1.807) is 0 Å². The van der Waals surface area contributed by atoms with Gasteiger partial charge in [0.1, 0.15) is 0 Å². The summed E-state index contributed by atoms with van der Waals surface area (Å²) in [6.07, 6.45) is 2.56. The zero-order chi connectivity index (χ0) is 10.1. The SMILES string of the molecule is C[C@@H]1CN2C[C@@](C)(O)[C@H]3CC[C@@H]1[C@]32C. The van der Waals surface area contributed by atoms with Crippen LogP contribution in [0.4, 0.5) is 0 Å². The van der Waals surface area contributed by atoms with E-state index in [9.17, 15) is 5.11 Å². The number of nitrogens with zero attached hydrogens (tertiary/aromatic N) is 1. The van der Waals surface area contributed by atoms with Crippen LogP contribution in [0.25, 0.3) is 0 Å². The fraction of sp³-hybridized carbons (Fsp3) is 1.00. The topological polar surface area (TPSA) is 23.5 Å². The first-order valence-corrected chi connectivity index (χ1v) is 5.93. The molecule has 0 aromatic rings. The molecule has 3 rings (SSSR count). The third kappa shape index (κ3) is 0.809. The Labute approximate surface area is 86.3 Å². The highest BCUT2D eigenvalue weighted by Gasteiger charge is 2.66. The Morgan fingerprint density at radius 3 is 2.71 bits per heavy atom. The second-order valence-electron chi connectivity index (χ2n) is 6.18. The van der Waals surface area contributed by atoms with Crippen molar-refractivity contribution in [2.45, 2.75) is 44.8 Å². The Balaban J connectivity index is 2.05. The third-order valence-electron chi connectivity index (χ3n) is 5.36. The molecule has 2 heteroatoms. The van der Waals surface area contributed by atoms with Gasteiger partial charge < -0.3 is 5.11 Å². The minimum Gasteiger partial charge on any atom is -0.388 e. The lowest BCUT2D eigenvalue weighted by molar-refractivity contribution is 0.0212. The van der Waals surface area contributed by atoms with Gasteiger partial charge in [0.25, 0.3) is 0 Å². The molecule has 0 spiro atoms. The number of aliphatic hydroxyl groups is 1. The van der Waals surface area contributed by atoms with Crippen LogP contribution in [-0.2, 0) is 0 Å². The van der Waals surface area contributed by atoms with Crippen LogP contribution in [0.2, 0.25) is 0 Å². The standard InChI is InChI=1S/C12H21NO/c1-8-6-13-7-11(2,14)10-5-4-9(8)12(10,13)3/h8-10,14H,4-7H2,1-3H3/t8-,9+,10-,11-,12-/m1/s1. The summed E-state index contributed by atoms with van der Waals surface area (Å²) in [5.41, 5.74) is -0.105. The molecule has 80 valence electrons. The molecule has 0 aromatic carbocycles. The van der Waals surface area contributed by atoms with Crippen LogP contribution in [0.1, 0.15) is 33.6 Å². The second kappa shape index (κ2) is 2.35. The largest absolute Gasteiger partial charge is 0.388 e. The normalized spacial score (nSPS) is 62.1. The van der Waals surface area contributed by atoms with E-state index in [2.05, 4.69) is 18.7 Å². The van der Waals surface area contributed by atoms with E-state index >= 15 is 0 Å². The summed E-state index contributed by atoms with van der Waals surface area (Å²) in [5, 5.41) is 10.4. The monoisotopic (exact) mass is 195 g/mol. The van der Waals surface area contributed by atoms with E-state index in [-0.39, 0.29) is 0 Å². The highest BCUT2D eigenvalue weighted by atomic mass is 16.3. The molecule has 0 radical (unpaired) electrons. The molecule has 0 bridgehead atoms. The molecule has 2 nitrogen and oxygen atoms in total. The summed E-state index contributed by atoms with van der Waals surface area (Å²) < 4.78 is 0. The van der Waals surface area contributed by atoms with E-state index in [4.69, 9.17) is 0 Å². The molecule has 1 aliphatic carbocycles. The van der Waals surface area contributed by atoms with Gasteiger partial charge in [-0.25, -0.2) is 0 Å². The van der Waals surface area contributed by atoms with Gasteiger partial charge in [-0.05, 0) is 38.5 Å². The zero-order valence-electron chi connectivity index (χ0n) is 9.45. The van der Waals surface area contributed by atoms with Crippen LogP contribution in [-0.4, -0.2) is 34.2 Å². The van der Waals surface area contributed by atoms with Gasteiger partial charge in [0.05, 0.1) is 5.60 Å². The summed E-state index contributed by atoms with van der Waals surface area (Å²) in [7, 11) is 0. The maximum absolute atomic E-state index is 10.4. The van der Waals surface area contributed by atoms with E-state index in [1.165, 1.54) is 19.4 Å². The Bertz CT molecular complexity index is 275. The minimum atomic E-state index is -0.427. The molecule has 2 aliphatic heterocycles. The molecule has 14 heavy (non-hydrogen) atoms. The summed E-state index contributed by atoms with van der Waals surface area (Å²) >= 11 is 0. The first-order valence-electron chi connectivity index (χ1n) is 5.93. The van der Waals surface area contributed by atoms with Crippen molar-refractivity contribution in [2.75, 3.05) is 13.1 Å². The Kier molecular flexibility index (Phi) is 1.54.